The average molecular weight is 335 g/mol. The molecule has 1 amide bonds. The molecule has 0 bridgehead atoms. The molecule has 132 valence electrons. The summed E-state index contributed by atoms with van der Waals surface area (Å²) in [6, 6.07) is 0. The number of amides is 1. The minimum atomic E-state index is 0. The van der Waals surface area contributed by atoms with Crippen molar-refractivity contribution >= 4 is 18.3 Å². The molecule has 4 nitrogen and oxygen atoms in total. The number of unbranched alkanes of at least 4 members (excludes halogenated alkanes) is 1. The van der Waals surface area contributed by atoms with Crippen molar-refractivity contribution in [3.63, 3.8) is 0 Å². The number of nitrogens with zero attached hydrogens (tertiary/aromatic N) is 1. The number of likely N-dealkylation sites (tertiary alicyclic amines) is 1. The third kappa shape index (κ3) is 8.35. The highest BCUT2D eigenvalue weighted by atomic mass is 35.5. The molecular formula is C17H35ClN2O2. The maximum absolute atomic E-state index is 12.4. The highest BCUT2D eigenvalue weighted by Gasteiger charge is 2.24. The zero-order chi connectivity index (χ0) is 15.5. The smallest absolute Gasteiger partial charge is 0.222 e. The van der Waals surface area contributed by atoms with Gasteiger partial charge in [-0.25, -0.2) is 0 Å². The number of hydrogen-bond acceptors (Lipinski definition) is 3. The van der Waals surface area contributed by atoms with Crippen LogP contribution >= 0.6 is 12.4 Å². The number of rotatable bonds is 10. The molecule has 1 fully saturated rings. The summed E-state index contributed by atoms with van der Waals surface area (Å²) in [5, 5.41) is 0. The maximum atomic E-state index is 12.4. The molecule has 5 heteroatoms. The van der Waals surface area contributed by atoms with E-state index in [-0.39, 0.29) is 12.4 Å². The van der Waals surface area contributed by atoms with Crippen LogP contribution in [0.15, 0.2) is 0 Å². The van der Waals surface area contributed by atoms with E-state index in [1.165, 1.54) is 19.3 Å². The predicted molar refractivity (Wildman–Crippen MR) is 94.4 cm³/mol. The Labute approximate surface area is 142 Å². The van der Waals surface area contributed by atoms with E-state index >= 15 is 0 Å². The third-order valence-electron chi connectivity index (χ3n) is 4.50. The SMILES string of the molecule is CCCCC(CC)CC(=O)N1CCC(OCCCN)CC1.Cl. The number of nitrogens with two attached hydrogens (primary N) is 1. The van der Waals surface area contributed by atoms with Gasteiger partial charge in [0.15, 0.2) is 0 Å². The lowest BCUT2D eigenvalue weighted by Gasteiger charge is -2.33. The topological polar surface area (TPSA) is 55.6 Å². The van der Waals surface area contributed by atoms with Gasteiger partial charge in [-0.1, -0.05) is 33.1 Å². The van der Waals surface area contributed by atoms with Gasteiger partial charge in [-0.2, -0.15) is 0 Å². The number of ether oxygens (including phenoxy) is 1. The number of carbonyl (C=O) groups is 1. The summed E-state index contributed by atoms with van der Waals surface area (Å²) >= 11 is 0. The van der Waals surface area contributed by atoms with Gasteiger partial charge in [0.25, 0.3) is 0 Å². The molecule has 0 aromatic carbocycles. The second kappa shape index (κ2) is 13.1. The second-order valence-electron chi connectivity index (χ2n) is 6.21. The van der Waals surface area contributed by atoms with Gasteiger partial charge in [0, 0.05) is 26.1 Å². The van der Waals surface area contributed by atoms with Crippen LogP contribution in [0.25, 0.3) is 0 Å². The van der Waals surface area contributed by atoms with Crippen LogP contribution in [-0.4, -0.2) is 43.2 Å². The van der Waals surface area contributed by atoms with E-state index in [9.17, 15) is 4.79 Å². The van der Waals surface area contributed by atoms with Crippen LogP contribution in [0.3, 0.4) is 0 Å². The van der Waals surface area contributed by atoms with Crippen LogP contribution in [-0.2, 0) is 9.53 Å². The molecule has 1 atom stereocenters. The number of halogens is 1. The summed E-state index contributed by atoms with van der Waals surface area (Å²) in [6.45, 7) is 7.57. The van der Waals surface area contributed by atoms with E-state index in [0.717, 1.165) is 51.8 Å². The van der Waals surface area contributed by atoms with Crippen molar-refractivity contribution < 1.29 is 9.53 Å². The van der Waals surface area contributed by atoms with Crippen molar-refractivity contribution in [1.82, 2.24) is 4.90 Å². The molecule has 1 heterocycles. The Bertz CT molecular complexity index is 282. The number of hydrogen-bond donors (Lipinski definition) is 1. The van der Waals surface area contributed by atoms with E-state index in [4.69, 9.17) is 10.5 Å². The van der Waals surface area contributed by atoms with Crippen molar-refractivity contribution in [3.05, 3.63) is 0 Å². The Morgan fingerprint density at radius 3 is 2.50 bits per heavy atom. The lowest BCUT2D eigenvalue weighted by atomic mass is 9.94. The van der Waals surface area contributed by atoms with Crippen LogP contribution in [0.5, 0.6) is 0 Å². The fraction of sp³-hybridized carbons (Fsp3) is 0.941. The average Bonchev–Trinajstić information content (AvgIpc) is 2.52. The van der Waals surface area contributed by atoms with E-state index in [1.54, 1.807) is 0 Å². The Hall–Kier alpha value is -0.320. The van der Waals surface area contributed by atoms with Crippen LogP contribution in [0, 0.1) is 5.92 Å². The number of piperidine rings is 1. The first-order chi connectivity index (χ1) is 10.2. The van der Waals surface area contributed by atoms with E-state index < -0.39 is 0 Å². The molecule has 1 aliphatic heterocycles. The van der Waals surface area contributed by atoms with Crippen molar-refractivity contribution in [2.45, 2.75) is 71.3 Å². The zero-order valence-electron chi connectivity index (χ0n) is 14.4. The van der Waals surface area contributed by atoms with E-state index in [1.807, 2.05) is 4.90 Å². The molecule has 0 spiro atoms. The Morgan fingerprint density at radius 2 is 1.95 bits per heavy atom. The summed E-state index contributed by atoms with van der Waals surface area (Å²) in [5.41, 5.74) is 5.47. The molecule has 22 heavy (non-hydrogen) atoms. The minimum absolute atomic E-state index is 0. The quantitative estimate of drug-likeness (QED) is 0.623. The van der Waals surface area contributed by atoms with Gasteiger partial charge in [0.05, 0.1) is 6.10 Å². The molecule has 1 rings (SSSR count). The lowest BCUT2D eigenvalue weighted by Crippen LogP contribution is -2.41. The predicted octanol–water partition coefficient (Wildman–Crippen LogP) is 3.37. The molecule has 0 aliphatic carbocycles. The minimum Gasteiger partial charge on any atom is -0.378 e. The highest BCUT2D eigenvalue weighted by molar-refractivity contribution is 5.85. The van der Waals surface area contributed by atoms with Crippen molar-refractivity contribution in [2.24, 2.45) is 11.7 Å². The third-order valence-corrected chi connectivity index (χ3v) is 4.50. The zero-order valence-corrected chi connectivity index (χ0v) is 15.2. The second-order valence-corrected chi connectivity index (χ2v) is 6.21. The first-order valence-electron chi connectivity index (χ1n) is 8.80. The molecule has 1 unspecified atom stereocenters. The summed E-state index contributed by atoms with van der Waals surface area (Å²) < 4.78 is 5.79. The highest BCUT2D eigenvalue weighted by Crippen LogP contribution is 2.20. The van der Waals surface area contributed by atoms with Gasteiger partial charge in [-0.05, 0) is 38.1 Å². The standard InChI is InChI=1S/C17H34N2O2.ClH/c1-3-5-7-15(4-2)14-17(20)19-11-8-16(9-12-19)21-13-6-10-18;/h15-16H,3-14,18H2,1-2H3;1H. The van der Waals surface area contributed by atoms with Crippen LogP contribution in [0.2, 0.25) is 0 Å². The van der Waals surface area contributed by atoms with Crippen molar-refractivity contribution in [2.75, 3.05) is 26.2 Å². The summed E-state index contributed by atoms with van der Waals surface area (Å²) in [6.07, 6.45) is 8.69. The fourth-order valence-corrected chi connectivity index (χ4v) is 2.92. The van der Waals surface area contributed by atoms with Gasteiger partial charge in [0.1, 0.15) is 0 Å². The van der Waals surface area contributed by atoms with Crippen LogP contribution in [0.1, 0.15) is 65.2 Å². The molecule has 2 N–H and O–H groups in total. The van der Waals surface area contributed by atoms with Gasteiger partial charge < -0.3 is 15.4 Å². The normalized spacial score (nSPS) is 17.1. The van der Waals surface area contributed by atoms with Gasteiger partial charge in [0.2, 0.25) is 5.91 Å². The van der Waals surface area contributed by atoms with E-state index in [0.29, 0.717) is 24.5 Å². The molecule has 0 radical (unpaired) electrons. The Balaban J connectivity index is 0.00000441. The molecule has 0 saturated carbocycles. The first kappa shape index (κ1) is 21.7. The lowest BCUT2D eigenvalue weighted by molar-refractivity contribution is -0.135. The van der Waals surface area contributed by atoms with Crippen molar-refractivity contribution in [3.8, 4) is 0 Å². The first-order valence-corrected chi connectivity index (χ1v) is 8.80. The van der Waals surface area contributed by atoms with Gasteiger partial charge >= 0.3 is 0 Å². The number of carbonyl (C=O) groups excluding carboxylic acids is 1. The molecule has 0 aromatic rings. The summed E-state index contributed by atoms with van der Waals surface area (Å²) in [7, 11) is 0. The summed E-state index contributed by atoms with van der Waals surface area (Å²) in [4.78, 5) is 14.4. The van der Waals surface area contributed by atoms with Gasteiger partial charge in [-0.3, -0.25) is 4.79 Å². The Kier molecular flexibility index (Phi) is 13.0. The molecule has 0 aromatic heterocycles. The molecule has 1 aliphatic rings. The molecular weight excluding hydrogens is 300 g/mol. The Morgan fingerprint density at radius 1 is 1.27 bits per heavy atom. The van der Waals surface area contributed by atoms with Crippen LogP contribution < -0.4 is 5.73 Å². The summed E-state index contributed by atoms with van der Waals surface area (Å²) in [5.74, 6) is 0.911. The maximum Gasteiger partial charge on any atom is 0.222 e. The van der Waals surface area contributed by atoms with Crippen LogP contribution in [0.4, 0.5) is 0 Å². The van der Waals surface area contributed by atoms with Gasteiger partial charge in [-0.15, -0.1) is 12.4 Å². The van der Waals surface area contributed by atoms with E-state index in [2.05, 4.69) is 13.8 Å². The monoisotopic (exact) mass is 334 g/mol. The fourth-order valence-electron chi connectivity index (χ4n) is 2.92. The largest absolute Gasteiger partial charge is 0.378 e. The van der Waals surface area contributed by atoms with Crippen molar-refractivity contribution in [1.29, 1.82) is 0 Å². The molecule has 1 saturated heterocycles.